The van der Waals surface area contributed by atoms with E-state index in [9.17, 15) is 0 Å². The second-order valence-electron chi connectivity index (χ2n) is 4.25. The van der Waals surface area contributed by atoms with Gasteiger partial charge >= 0.3 is 0 Å². The first-order valence-corrected chi connectivity index (χ1v) is 6.97. The molecule has 0 spiro atoms. The first kappa shape index (κ1) is 13.1. The first-order valence-electron chi connectivity index (χ1n) is 5.98. The van der Waals surface area contributed by atoms with E-state index in [-0.39, 0.29) is 6.04 Å². The van der Waals surface area contributed by atoms with Crippen LogP contribution in [0.25, 0.3) is 0 Å². The van der Waals surface area contributed by atoms with E-state index >= 15 is 0 Å². The van der Waals surface area contributed by atoms with Crippen molar-refractivity contribution in [3.63, 3.8) is 0 Å². The van der Waals surface area contributed by atoms with Gasteiger partial charge in [-0.05, 0) is 25.1 Å². The van der Waals surface area contributed by atoms with Crippen LogP contribution < -0.4 is 5.73 Å². The van der Waals surface area contributed by atoms with Crippen molar-refractivity contribution >= 4 is 11.8 Å². The molecule has 4 heteroatoms. The Morgan fingerprint density at radius 1 is 1.22 bits per heavy atom. The Morgan fingerprint density at radius 3 is 2.72 bits per heavy atom. The van der Waals surface area contributed by atoms with Gasteiger partial charge in [0.2, 0.25) is 0 Å². The van der Waals surface area contributed by atoms with Crippen molar-refractivity contribution in [1.29, 1.82) is 0 Å². The van der Waals surface area contributed by atoms with Crippen molar-refractivity contribution < 1.29 is 0 Å². The summed E-state index contributed by atoms with van der Waals surface area (Å²) in [7, 11) is 0. The lowest BCUT2D eigenvalue weighted by molar-refractivity contribution is 0.715. The molecule has 2 aromatic rings. The summed E-state index contributed by atoms with van der Waals surface area (Å²) in [5.74, 6) is 1.65. The molecule has 1 aromatic heterocycles. The van der Waals surface area contributed by atoms with Gasteiger partial charge in [-0.2, -0.15) is 0 Å². The van der Waals surface area contributed by atoms with Crippen LogP contribution in [0.15, 0.2) is 47.5 Å². The fourth-order valence-corrected chi connectivity index (χ4v) is 2.40. The summed E-state index contributed by atoms with van der Waals surface area (Å²) < 4.78 is 0. The van der Waals surface area contributed by atoms with Crippen LogP contribution in [0, 0.1) is 0 Å². The lowest BCUT2D eigenvalue weighted by Crippen LogP contribution is -2.18. The van der Waals surface area contributed by atoms with Crippen LogP contribution in [-0.4, -0.2) is 16.0 Å². The topological polar surface area (TPSA) is 51.8 Å². The molecule has 0 saturated carbocycles. The van der Waals surface area contributed by atoms with Crippen molar-refractivity contribution in [2.24, 2.45) is 5.73 Å². The summed E-state index contributed by atoms with van der Waals surface area (Å²) in [6, 6.07) is 12.3. The minimum Gasteiger partial charge on any atom is -0.328 e. The molecular weight excluding hydrogens is 242 g/mol. The van der Waals surface area contributed by atoms with E-state index in [0.29, 0.717) is 0 Å². The SMILES string of the molecule is CC(N)Cc1ccnc(CSc2ccccc2)n1. The highest BCUT2D eigenvalue weighted by molar-refractivity contribution is 7.98. The second-order valence-corrected chi connectivity index (χ2v) is 5.30. The number of aromatic nitrogens is 2. The van der Waals surface area contributed by atoms with Crippen LogP contribution in [0.3, 0.4) is 0 Å². The van der Waals surface area contributed by atoms with Gasteiger partial charge in [0.1, 0.15) is 5.82 Å². The van der Waals surface area contributed by atoms with E-state index in [1.54, 1.807) is 11.8 Å². The van der Waals surface area contributed by atoms with Gasteiger partial charge in [-0.1, -0.05) is 18.2 Å². The number of benzene rings is 1. The maximum Gasteiger partial charge on any atom is 0.138 e. The molecule has 0 amide bonds. The Morgan fingerprint density at radius 2 is 2.00 bits per heavy atom. The number of hydrogen-bond acceptors (Lipinski definition) is 4. The Kier molecular flexibility index (Phi) is 4.73. The fraction of sp³-hybridized carbons (Fsp3) is 0.286. The summed E-state index contributed by atoms with van der Waals surface area (Å²) in [5, 5.41) is 0. The molecule has 2 N–H and O–H groups in total. The fourth-order valence-electron chi connectivity index (χ4n) is 1.62. The predicted octanol–water partition coefficient (Wildman–Crippen LogP) is 2.66. The summed E-state index contributed by atoms with van der Waals surface area (Å²) in [4.78, 5) is 10.0. The highest BCUT2D eigenvalue weighted by Crippen LogP contribution is 2.20. The van der Waals surface area contributed by atoms with Crippen molar-refractivity contribution in [3.8, 4) is 0 Å². The number of thioether (sulfide) groups is 1. The molecule has 0 aliphatic carbocycles. The summed E-state index contributed by atoms with van der Waals surface area (Å²) in [6.45, 7) is 1.99. The molecule has 1 aromatic carbocycles. The van der Waals surface area contributed by atoms with Crippen LogP contribution in [-0.2, 0) is 12.2 Å². The molecule has 0 aliphatic heterocycles. The van der Waals surface area contributed by atoms with Gasteiger partial charge in [0.15, 0.2) is 0 Å². The summed E-state index contributed by atoms with van der Waals surface area (Å²) in [6.07, 6.45) is 2.61. The van der Waals surface area contributed by atoms with Crippen LogP contribution >= 0.6 is 11.8 Å². The third kappa shape index (κ3) is 4.13. The van der Waals surface area contributed by atoms with E-state index in [4.69, 9.17) is 5.73 Å². The Balaban J connectivity index is 1.97. The van der Waals surface area contributed by atoms with E-state index in [0.717, 1.165) is 23.7 Å². The largest absolute Gasteiger partial charge is 0.328 e. The van der Waals surface area contributed by atoms with Gasteiger partial charge in [0.05, 0.1) is 5.75 Å². The molecule has 2 rings (SSSR count). The van der Waals surface area contributed by atoms with Crippen molar-refractivity contribution in [3.05, 3.63) is 54.1 Å². The normalized spacial score (nSPS) is 12.3. The van der Waals surface area contributed by atoms with Gasteiger partial charge in [-0.3, -0.25) is 0 Å². The molecule has 1 atom stereocenters. The summed E-state index contributed by atoms with van der Waals surface area (Å²) >= 11 is 1.74. The van der Waals surface area contributed by atoms with Gasteiger partial charge in [-0.15, -0.1) is 11.8 Å². The van der Waals surface area contributed by atoms with Gasteiger partial charge in [0.25, 0.3) is 0 Å². The zero-order valence-corrected chi connectivity index (χ0v) is 11.2. The van der Waals surface area contributed by atoms with E-state index in [2.05, 4.69) is 22.1 Å². The molecule has 3 nitrogen and oxygen atoms in total. The minimum absolute atomic E-state index is 0.134. The van der Waals surface area contributed by atoms with Gasteiger partial charge in [-0.25, -0.2) is 9.97 Å². The first-order chi connectivity index (χ1) is 8.74. The average Bonchev–Trinajstić information content (AvgIpc) is 2.37. The van der Waals surface area contributed by atoms with Crippen LogP contribution in [0.1, 0.15) is 18.4 Å². The van der Waals surface area contributed by atoms with Crippen molar-refractivity contribution in [2.75, 3.05) is 0 Å². The number of hydrogen-bond donors (Lipinski definition) is 1. The molecule has 1 unspecified atom stereocenters. The van der Waals surface area contributed by atoms with Crippen LogP contribution in [0.4, 0.5) is 0 Å². The smallest absolute Gasteiger partial charge is 0.138 e. The third-order valence-electron chi connectivity index (χ3n) is 2.41. The molecule has 0 radical (unpaired) electrons. The Labute approximate surface area is 112 Å². The summed E-state index contributed by atoms with van der Waals surface area (Å²) in [5.41, 5.74) is 6.79. The lowest BCUT2D eigenvalue weighted by atomic mass is 10.2. The van der Waals surface area contributed by atoms with Gasteiger partial charge in [0, 0.05) is 29.2 Å². The maximum absolute atomic E-state index is 5.77. The number of nitrogens with zero attached hydrogens (tertiary/aromatic N) is 2. The molecule has 0 bridgehead atoms. The molecular formula is C14H17N3S. The predicted molar refractivity (Wildman–Crippen MR) is 75.4 cm³/mol. The molecule has 0 aliphatic rings. The zero-order chi connectivity index (χ0) is 12.8. The molecule has 0 fully saturated rings. The van der Waals surface area contributed by atoms with E-state index < -0.39 is 0 Å². The Bertz CT molecular complexity index is 485. The molecule has 1 heterocycles. The van der Waals surface area contributed by atoms with E-state index in [1.807, 2.05) is 37.4 Å². The van der Waals surface area contributed by atoms with Crippen LogP contribution in [0.2, 0.25) is 0 Å². The van der Waals surface area contributed by atoms with Gasteiger partial charge < -0.3 is 5.73 Å². The maximum atomic E-state index is 5.77. The monoisotopic (exact) mass is 259 g/mol. The second kappa shape index (κ2) is 6.52. The van der Waals surface area contributed by atoms with Crippen molar-refractivity contribution in [2.45, 2.75) is 30.0 Å². The lowest BCUT2D eigenvalue weighted by Gasteiger charge is -2.06. The zero-order valence-electron chi connectivity index (χ0n) is 10.4. The molecule has 0 saturated heterocycles. The Hall–Kier alpha value is -1.39. The molecule has 94 valence electrons. The number of nitrogens with two attached hydrogens (primary N) is 1. The minimum atomic E-state index is 0.134. The highest BCUT2D eigenvalue weighted by atomic mass is 32.2. The number of rotatable bonds is 5. The van der Waals surface area contributed by atoms with E-state index in [1.165, 1.54) is 4.90 Å². The highest BCUT2D eigenvalue weighted by Gasteiger charge is 2.03. The van der Waals surface area contributed by atoms with Crippen molar-refractivity contribution in [1.82, 2.24) is 9.97 Å². The third-order valence-corrected chi connectivity index (χ3v) is 3.41. The average molecular weight is 259 g/mol. The van der Waals surface area contributed by atoms with Crippen LogP contribution in [0.5, 0.6) is 0 Å². The quantitative estimate of drug-likeness (QED) is 0.839. The standard InChI is InChI=1S/C14H17N3S/c1-11(15)9-12-7-8-16-14(17-12)10-18-13-5-3-2-4-6-13/h2-8,11H,9-10,15H2,1H3. The molecule has 18 heavy (non-hydrogen) atoms.